The Labute approximate surface area is 232 Å². The molecule has 2 aliphatic carbocycles. The first-order valence-electron chi connectivity index (χ1n) is 14.4. The van der Waals surface area contributed by atoms with Crippen molar-refractivity contribution in [3.63, 3.8) is 0 Å². The number of carbonyl (C=O) groups is 3. The van der Waals surface area contributed by atoms with Crippen molar-refractivity contribution >= 4 is 17.8 Å². The van der Waals surface area contributed by atoms with E-state index in [0.29, 0.717) is 37.8 Å². The minimum Gasteiger partial charge on any atom is -0.462 e. The third-order valence-electron chi connectivity index (χ3n) is 8.79. The number of fused-ring (bicyclic) bond motifs is 1. The van der Waals surface area contributed by atoms with Crippen molar-refractivity contribution in [3.05, 3.63) is 59.7 Å². The molecule has 212 valence electrons. The number of allylic oxidation sites excluding steroid dienone is 2. The maximum Gasteiger partial charge on any atom is 0.311 e. The number of carbonyl (C=O) groups excluding carboxylic acids is 3. The van der Waals surface area contributed by atoms with Gasteiger partial charge >= 0.3 is 11.9 Å². The standard InChI is InChI=1S/C32H43NO6/c1-5-32(3,4)31(37)39-27-16-21(19-33-30(36)22-9-7-6-8-10-22)15-23-12-11-20(2)26(29(23)27)14-13-25-17-24(34)18-28(35)38-25/h6-12,15,20-21,24-27,29,34H,5,13-14,16-19H2,1-4H3,(H,33,36)/t20-,21-,24+,25+,26-,27-,29-/m0/s1. The molecule has 1 aromatic rings. The summed E-state index contributed by atoms with van der Waals surface area (Å²) in [7, 11) is 0. The monoisotopic (exact) mass is 537 g/mol. The minimum atomic E-state index is -0.651. The van der Waals surface area contributed by atoms with Crippen LogP contribution in [-0.4, -0.2) is 47.8 Å². The molecular formula is C32H43NO6. The number of hydrogen-bond donors (Lipinski definition) is 2. The maximum atomic E-state index is 13.2. The number of esters is 2. The second-order valence-corrected chi connectivity index (χ2v) is 12.1. The van der Waals surface area contributed by atoms with Gasteiger partial charge in [0.1, 0.15) is 12.2 Å². The van der Waals surface area contributed by atoms with Gasteiger partial charge in [0.15, 0.2) is 0 Å². The molecule has 0 bridgehead atoms. The molecule has 1 aliphatic heterocycles. The molecule has 0 radical (unpaired) electrons. The highest BCUT2D eigenvalue weighted by atomic mass is 16.6. The highest BCUT2D eigenvalue weighted by molar-refractivity contribution is 5.94. The van der Waals surface area contributed by atoms with Crippen LogP contribution in [0.3, 0.4) is 0 Å². The highest BCUT2D eigenvalue weighted by Gasteiger charge is 2.44. The van der Waals surface area contributed by atoms with Gasteiger partial charge in [-0.05, 0) is 75.0 Å². The third kappa shape index (κ3) is 7.18. The quantitative estimate of drug-likeness (QED) is 0.430. The van der Waals surface area contributed by atoms with Crippen LogP contribution in [0, 0.1) is 29.1 Å². The topological polar surface area (TPSA) is 102 Å². The average Bonchev–Trinajstić information content (AvgIpc) is 2.91. The van der Waals surface area contributed by atoms with Crippen LogP contribution in [0.2, 0.25) is 0 Å². The molecule has 1 fully saturated rings. The molecular weight excluding hydrogens is 494 g/mol. The van der Waals surface area contributed by atoms with Crippen molar-refractivity contribution in [1.29, 1.82) is 0 Å². The fourth-order valence-corrected chi connectivity index (χ4v) is 6.01. The van der Waals surface area contributed by atoms with E-state index < -0.39 is 11.5 Å². The SMILES string of the molecule is CCC(C)(C)C(=O)O[C@H]1C[C@@H](CNC(=O)c2ccccc2)C=C2C=C[C@H](C)[C@H](CC[C@@H]3C[C@@H](O)CC(=O)O3)[C@H]21. The number of benzene rings is 1. The number of hydrogen-bond acceptors (Lipinski definition) is 6. The predicted molar refractivity (Wildman–Crippen MR) is 149 cm³/mol. The van der Waals surface area contributed by atoms with Gasteiger partial charge in [-0.25, -0.2) is 0 Å². The lowest BCUT2D eigenvalue weighted by Crippen LogP contribution is -2.45. The van der Waals surface area contributed by atoms with E-state index in [9.17, 15) is 19.5 Å². The number of cyclic esters (lactones) is 1. The van der Waals surface area contributed by atoms with Gasteiger partial charge in [-0.1, -0.05) is 50.3 Å². The number of aliphatic hydroxyl groups excluding tert-OH is 1. The zero-order valence-corrected chi connectivity index (χ0v) is 23.6. The van der Waals surface area contributed by atoms with E-state index in [1.54, 1.807) is 12.1 Å². The lowest BCUT2D eigenvalue weighted by Gasteiger charge is -2.44. The number of nitrogens with one attached hydrogen (secondary N) is 1. The van der Waals surface area contributed by atoms with Gasteiger partial charge in [-0.2, -0.15) is 0 Å². The molecule has 39 heavy (non-hydrogen) atoms. The minimum absolute atomic E-state index is 0.0203. The summed E-state index contributed by atoms with van der Waals surface area (Å²) in [5.41, 5.74) is 1.17. The molecule has 0 unspecified atom stereocenters. The van der Waals surface area contributed by atoms with Crippen molar-refractivity contribution in [2.75, 3.05) is 6.54 Å². The molecule has 3 aliphatic rings. The molecule has 4 rings (SSSR count). The fraction of sp³-hybridized carbons (Fsp3) is 0.594. The summed E-state index contributed by atoms with van der Waals surface area (Å²) in [5.74, 6) is -0.165. The Kier molecular flexibility index (Phi) is 9.31. The van der Waals surface area contributed by atoms with Gasteiger partial charge < -0.3 is 19.9 Å². The van der Waals surface area contributed by atoms with Crippen molar-refractivity contribution in [2.45, 2.75) is 84.5 Å². The summed E-state index contributed by atoms with van der Waals surface area (Å²) in [6.07, 6.45) is 8.58. The number of rotatable bonds is 9. The Hall–Kier alpha value is -2.93. The summed E-state index contributed by atoms with van der Waals surface area (Å²) < 4.78 is 11.8. The van der Waals surface area contributed by atoms with Crippen LogP contribution in [0.5, 0.6) is 0 Å². The first-order chi connectivity index (χ1) is 18.6. The van der Waals surface area contributed by atoms with Gasteiger partial charge in [-0.15, -0.1) is 0 Å². The largest absolute Gasteiger partial charge is 0.462 e. The van der Waals surface area contributed by atoms with Gasteiger partial charge in [0.2, 0.25) is 0 Å². The average molecular weight is 538 g/mol. The highest BCUT2D eigenvalue weighted by Crippen LogP contribution is 2.45. The Balaban J connectivity index is 1.53. The smallest absolute Gasteiger partial charge is 0.311 e. The second-order valence-electron chi connectivity index (χ2n) is 12.1. The number of ether oxygens (including phenoxy) is 2. The fourth-order valence-electron chi connectivity index (χ4n) is 6.01. The molecule has 1 aromatic carbocycles. The van der Waals surface area contributed by atoms with Crippen molar-refractivity contribution in [3.8, 4) is 0 Å². The van der Waals surface area contributed by atoms with Gasteiger partial charge in [0.25, 0.3) is 5.91 Å². The molecule has 1 heterocycles. The van der Waals surface area contributed by atoms with Crippen molar-refractivity contribution in [2.24, 2.45) is 29.1 Å². The summed E-state index contributed by atoms with van der Waals surface area (Å²) in [5, 5.41) is 13.1. The molecule has 1 amide bonds. The zero-order chi connectivity index (χ0) is 28.2. The number of amides is 1. The Morgan fingerprint density at radius 3 is 2.59 bits per heavy atom. The van der Waals surface area contributed by atoms with Crippen molar-refractivity contribution in [1.82, 2.24) is 5.32 Å². The third-order valence-corrected chi connectivity index (χ3v) is 8.79. The van der Waals surface area contributed by atoms with E-state index >= 15 is 0 Å². The van der Waals surface area contributed by atoms with Crippen molar-refractivity contribution < 1.29 is 29.0 Å². The molecule has 7 heteroatoms. The van der Waals surface area contributed by atoms with Crippen LogP contribution in [0.4, 0.5) is 0 Å². The number of aliphatic hydroxyl groups is 1. The molecule has 7 atom stereocenters. The van der Waals surface area contributed by atoms with Crippen LogP contribution in [-0.2, 0) is 19.1 Å². The van der Waals surface area contributed by atoms with E-state index in [4.69, 9.17) is 9.47 Å². The molecule has 0 saturated carbocycles. The second kappa shape index (κ2) is 12.5. The van der Waals surface area contributed by atoms with Crippen LogP contribution in [0.25, 0.3) is 0 Å². The summed E-state index contributed by atoms with van der Waals surface area (Å²) in [6.45, 7) is 8.45. The summed E-state index contributed by atoms with van der Waals surface area (Å²) >= 11 is 0. The Bertz CT molecular complexity index is 1090. The van der Waals surface area contributed by atoms with E-state index in [2.05, 4.69) is 30.5 Å². The van der Waals surface area contributed by atoms with E-state index in [0.717, 1.165) is 12.0 Å². The zero-order valence-electron chi connectivity index (χ0n) is 23.6. The van der Waals surface area contributed by atoms with Crippen LogP contribution in [0.15, 0.2) is 54.1 Å². The van der Waals surface area contributed by atoms with E-state index in [1.807, 2.05) is 39.0 Å². The normalized spacial score (nSPS) is 30.5. The lowest BCUT2D eigenvalue weighted by molar-refractivity contribution is -0.166. The first kappa shape index (κ1) is 29.1. The summed E-state index contributed by atoms with van der Waals surface area (Å²) in [6, 6.07) is 9.15. The lowest BCUT2D eigenvalue weighted by atomic mass is 9.65. The van der Waals surface area contributed by atoms with Gasteiger partial charge in [-0.3, -0.25) is 14.4 Å². The Morgan fingerprint density at radius 2 is 1.90 bits per heavy atom. The van der Waals surface area contributed by atoms with E-state index in [1.165, 1.54) is 0 Å². The maximum absolute atomic E-state index is 13.2. The molecule has 0 aromatic heterocycles. The van der Waals surface area contributed by atoms with Crippen LogP contribution < -0.4 is 5.32 Å². The molecule has 7 nitrogen and oxygen atoms in total. The molecule has 0 spiro atoms. The molecule has 1 saturated heterocycles. The summed E-state index contributed by atoms with van der Waals surface area (Å²) in [4.78, 5) is 37.8. The van der Waals surface area contributed by atoms with Gasteiger partial charge in [0.05, 0.1) is 17.9 Å². The molecule has 2 N–H and O–H groups in total. The van der Waals surface area contributed by atoms with Crippen LogP contribution >= 0.6 is 0 Å². The predicted octanol–water partition coefficient (Wildman–Crippen LogP) is 5.00. The van der Waals surface area contributed by atoms with E-state index in [-0.39, 0.29) is 60.1 Å². The first-order valence-corrected chi connectivity index (χ1v) is 14.4. The van der Waals surface area contributed by atoms with Crippen LogP contribution in [0.1, 0.15) is 76.6 Å². The Morgan fingerprint density at radius 1 is 1.15 bits per heavy atom. The van der Waals surface area contributed by atoms with Gasteiger partial charge in [0, 0.05) is 24.4 Å².